The number of nitrogens with one attached hydrogen (secondary N) is 2. The van der Waals surface area contributed by atoms with Crippen LogP contribution in [0.25, 0.3) is 0 Å². The second kappa shape index (κ2) is 16.5. The van der Waals surface area contributed by atoms with Gasteiger partial charge >= 0.3 is 24.2 Å². The molecule has 1 saturated heterocycles. The number of likely N-dealkylation sites (tertiary alicyclic amines) is 1. The highest BCUT2D eigenvalue weighted by molar-refractivity contribution is 5.83. The summed E-state index contributed by atoms with van der Waals surface area (Å²) < 4.78 is 39.5. The van der Waals surface area contributed by atoms with Crippen molar-refractivity contribution in [3.05, 3.63) is 40.7 Å². The van der Waals surface area contributed by atoms with Crippen LogP contribution in [-0.4, -0.2) is 114 Å². The average molecular weight is 802 g/mol. The number of nitrogens with zero attached hydrogens (tertiary/aromatic N) is 1. The number of hydrogen-bond donors (Lipinski definition) is 3. The highest BCUT2D eigenvalue weighted by Gasteiger charge is 2.74. The van der Waals surface area contributed by atoms with Crippen LogP contribution in [-0.2, 0) is 66.0 Å². The number of benzene rings is 1. The van der Waals surface area contributed by atoms with Gasteiger partial charge in [0.05, 0.1) is 30.9 Å². The summed E-state index contributed by atoms with van der Waals surface area (Å²) in [6, 6.07) is 3.45. The highest BCUT2D eigenvalue weighted by atomic mass is 16.7. The maximum atomic E-state index is 13.8. The van der Waals surface area contributed by atoms with Crippen LogP contribution in [0.4, 0.5) is 9.59 Å². The monoisotopic (exact) mass is 801 g/mol. The molecule has 1 aromatic rings. The quantitative estimate of drug-likeness (QED) is 0.193. The molecule has 0 saturated carbocycles. The fourth-order valence-electron chi connectivity index (χ4n) is 8.04. The molecule has 1 fully saturated rings. The van der Waals surface area contributed by atoms with Gasteiger partial charge in [0.25, 0.3) is 11.8 Å². The number of aliphatic hydroxyl groups excluding tert-OH is 1. The second-order valence-electron chi connectivity index (χ2n) is 16.8. The Morgan fingerprint density at radius 2 is 1.46 bits per heavy atom. The Bertz CT molecular complexity index is 1800. The molecule has 2 aliphatic carbocycles. The molecule has 1 aromatic carbocycles. The molecular formula is C40H55N3O14. The lowest BCUT2D eigenvalue weighted by Crippen LogP contribution is -2.75. The molecule has 2 bridgehead atoms. The molecule has 0 aromatic heterocycles. The lowest BCUT2D eigenvalue weighted by atomic mass is 9.50. The zero-order valence-corrected chi connectivity index (χ0v) is 34.1. The van der Waals surface area contributed by atoms with E-state index in [1.165, 1.54) is 13.8 Å². The first-order valence-electron chi connectivity index (χ1n) is 19.2. The van der Waals surface area contributed by atoms with Crippen LogP contribution in [0, 0.1) is 0 Å². The van der Waals surface area contributed by atoms with E-state index in [4.69, 9.17) is 33.2 Å². The third kappa shape index (κ3) is 9.14. The zero-order valence-electron chi connectivity index (χ0n) is 34.1. The summed E-state index contributed by atoms with van der Waals surface area (Å²) in [5.74, 6) is -1.80. The van der Waals surface area contributed by atoms with Crippen molar-refractivity contribution in [1.29, 1.82) is 0 Å². The molecule has 57 heavy (non-hydrogen) atoms. The van der Waals surface area contributed by atoms with Crippen LogP contribution in [0.2, 0.25) is 0 Å². The van der Waals surface area contributed by atoms with Gasteiger partial charge in [-0.3, -0.25) is 24.1 Å². The van der Waals surface area contributed by atoms with Gasteiger partial charge in [0.1, 0.15) is 28.3 Å². The number of aliphatic hydroxyl groups is 1. The van der Waals surface area contributed by atoms with Gasteiger partial charge in [-0.1, -0.05) is 12.1 Å². The first-order valence-corrected chi connectivity index (χ1v) is 19.2. The number of hydrogen-bond acceptors (Lipinski definition) is 15. The van der Waals surface area contributed by atoms with Crippen molar-refractivity contribution in [2.24, 2.45) is 0 Å². The fourth-order valence-corrected chi connectivity index (χ4v) is 8.04. The van der Waals surface area contributed by atoms with Crippen molar-refractivity contribution in [3.8, 4) is 5.75 Å². The molecule has 2 heterocycles. The summed E-state index contributed by atoms with van der Waals surface area (Å²) in [4.78, 5) is 78.5. The SMILES string of the molecule is C[C@H](OC(=O)OC(C)(C)C)C(=O)NCCC(=O)OC1=CC[C@@]2(OC(=O)CCNC(=O)[C@H](C)OC(=O)OC(C)(C)C)[C@H]3Cc4ccc(CO)c5c4[C@@]2(CCN3C)[C@H]1O5. The molecule has 4 aliphatic rings. The third-order valence-corrected chi connectivity index (χ3v) is 10.4. The minimum Gasteiger partial charge on any atom is -0.481 e. The normalized spacial score (nSPS) is 24.3. The van der Waals surface area contributed by atoms with Crippen LogP contribution >= 0.6 is 0 Å². The number of rotatable bonds is 13. The Labute approximate surface area is 332 Å². The van der Waals surface area contributed by atoms with Gasteiger partial charge in [0, 0.05) is 30.6 Å². The summed E-state index contributed by atoms with van der Waals surface area (Å²) in [5, 5.41) is 15.5. The molecule has 0 radical (unpaired) electrons. The summed E-state index contributed by atoms with van der Waals surface area (Å²) in [5.41, 5.74) is -1.47. The highest BCUT2D eigenvalue weighted by Crippen LogP contribution is 2.65. The Balaban J connectivity index is 1.30. The van der Waals surface area contributed by atoms with E-state index in [0.717, 1.165) is 11.1 Å². The lowest BCUT2D eigenvalue weighted by molar-refractivity contribution is -0.206. The van der Waals surface area contributed by atoms with Crippen molar-refractivity contribution >= 4 is 36.1 Å². The number of carbonyl (C=O) groups is 6. The van der Waals surface area contributed by atoms with Crippen LogP contribution in [0.5, 0.6) is 5.75 Å². The molecule has 17 heteroatoms. The van der Waals surface area contributed by atoms with Crippen molar-refractivity contribution in [2.75, 3.05) is 26.7 Å². The minimum atomic E-state index is -1.18. The van der Waals surface area contributed by atoms with Crippen molar-refractivity contribution in [2.45, 2.75) is 141 Å². The van der Waals surface area contributed by atoms with Gasteiger partial charge in [-0.15, -0.1) is 0 Å². The van der Waals surface area contributed by atoms with Gasteiger partial charge in [-0.25, -0.2) is 9.59 Å². The maximum Gasteiger partial charge on any atom is 0.509 e. The van der Waals surface area contributed by atoms with E-state index in [9.17, 15) is 33.9 Å². The number of piperidine rings is 1. The minimum absolute atomic E-state index is 0.0964. The Kier molecular flexibility index (Phi) is 12.5. The van der Waals surface area contributed by atoms with Crippen molar-refractivity contribution < 1.29 is 67.0 Å². The Hall–Kier alpha value is -4.90. The van der Waals surface area contributed by atoms with Gasteiger partial charge in [0.2, 0.25) is 0 Å². The maximum absolute atomic E-state index is 13.8. The largest absolute Gasteiger partial charge is 0.509 e. The molecule has 1 spiro atoms. The molecule has 314 valence electrons. The van der Waals surface area contributed by atoms with Crippen LogP contribution in [0.3, 0.4) is 0 Å². The van der Waals surface area contributed by atoms with Gasteiger partial charge in [-0.05, 0) is 93.5 Å². The average Bonchev–Trinajstić information content (AvgIpc) is 3.45. The van der Waals surface area contributed by atoms with Crippen molar-refractivity contribution in [1.82, 2.24) is 15.5 Å². The van der Waals surface area contributed by atoms with E-state index in [0.29, 0.717) is 30.7 Å². The number of amides is 2. The topological polar surface area (TPSA) is 215 Å². The summed E-state index contributed by atoms with van der Waals surface area (Å²) in [7, 11) is 1.96. The second-order valence-corrected chi connectivity index (χ2v) is 16.8. The van der Waals surface area contributed by atoms with E-state index in [1.807, 2.05) is 13.1 Å². The smallest absolute Gasteiger partial charge is 0.481 e. The van der Waals surface area contributed by atoms with Crippen molar-refractivity contribution in [3.63, 3.8) is 0 Å². The van der Waals surface area contributed by atoms with Gasteiger partial charge < -0.3 is 48.9 Å². The molecule has 2 aliphatic heterocycles. The van der Waals surface area contributed by atoms with Gasteiger partial charge in [-0.2, -0.15) is 0 Å². The van der Waals surface area contributed by atoms with E-state index in [-0.39, 0.29) is 50.8 Å². The predicted octanol–water partition coefficient (Wildman–Crippen LogP) is 3.24. The third-order valence-electron chi connectivity index (χ3n) is 10.4. The zero-order chi connectivity index (χ0) is 42.1. The molecule has 17 nitrogen and oxygen atoms in total. The van der Waals surface area contributed by atoms with E-state index < -0.39 is 76.6 Å². The van der Waals surface area contributed by atoms with E-state index in [1.54, 1.807) is 53.7 Å². The van der Waals surface area contributed by atoms with Crippen LogP contribution in [0.1, 0.15) is 97.8 Å². The molecule has 3 N–H and O–H groups in total. The van der Waals surface area contributed by atoms with Crippen LogP contribution in [0.15, 0.2) is 24.0 Å². The Morgan fingerprint density at radius 3 is 2.00 bits per heavy atom. The number of esters is 2. The summed E-state index contributed by atoms with van der Waals surface area (Å²) in [6.45, 7) is 12.9. The lowest BCUT2D eigenvalue weighted by Gasteiger charge is -2.62. The standard InChI is InChI=1S/C40H55N3O14/c1-22(51-35(49)56-37(3,4)5)33(47)41-17-13-28(45)53-26-12-15-40(55-29(46)14-18-42-34(48)23(2)52-36(50)57-38(6,7)8)27-20-24-10-11-25(21-44)31-30(24)39(40,32(26)54-31)16-19-43(27)9/h10-12,22-23,27,32,44H,13-21H2,1-9H3,(H,41,47)(H,42,48)/t22-,23-,27+,32-,39-,40+/m0/s1. The van der Waals surface area contributed by atoms with Crippen LogP contribution < -0.4 is 15.4 Å². The number of likely N-dealkylation sites (N-methyl/N-ethyl adjacent to an activating group) is 1. The Morgan fingerprint density at radius 1 is 0.895 bits per heavy atom. The molecule has 2 amide bonds. The summed E-state index contributed by atoms with van der Waals surface area (Å²) >= 11 is 0. The van der Waals surface area contributed by atoms with Gasteiger partial charge in [0.15, 0.2) is 18.3 Å². The number of carbonyl (C=O) groups excluding carboxylic acids is 6. The number of ether oxygens (including phenoxy) is 7. The van der Waals surface area contributed by atoms with E-state index >= 15 is 0 Å². The molecular weight excluding hydrogens is 746 g/mol. The first kappa shape index (κ1) is 43.2. The summed E-state index contributed by atoms with van der Waals surface area (Å²) in [6.07, 6.45) is -2.81. The molecule has 5 rings (SSSR count). The predicted molar refractivity (Wildman–Crippen MR) is 200 cm³/mol. The molecule has 0 unspecified atom stereocenters. The first-order chi connectivity index (χ1) is 26.6. The fraction of sp³-hybridized carbons (Fsp3) is 0.650. The molecule has 6 atom stereocenters. The van der Waals surface area contributed by atoms with E-state index in [2.05, 4.69) is 15.5 Å².